The molecular formula is C17H27NO. The zero-order chi connectivity index (χ0) is 13.8. The van der Waals surface area contributed by atoms with E-state index in [4.69, 9.17) is 4.74 Å². The second-order valence-corrected chi connectivity index (χ2v) is 5.94. The molecule has 2 atom stereocenters. The van der Waals surface area contributed by atoms with E-state index in [0.29, 0.717) is 12.0 Å². The van der Waals surface area contributed by atoms with Crippen molar-refractivity contribution >= 4 is 0 Å². The minimum atomic E-state index is 0.701. The molecule has 0 radical (unpaired) electrons. The van der Waals surface area contributed by atoms with Gasteiger partial charge in [-0.05, 0) is 69.0 Å². The lowest BCUT2D eigenvalue weighted by atomic mass is 9.91. The van der Waals surface area contributed by atoms with E-state index in [1.165, 1.54) is 43.2 Å². The Morgan fingerprint density at radius 1 is 1.37 bits per heavy atom. The van der Waals surface area contributed by atoms with Gasteiger partial charge in [0.15, 0.2) is 0 Å². The number of benzene rings is 1. The fourth-order valence-corrected chi connectivity index (χ4v) is 3.29. The fourth-order valence-electron chi connectivity index (χ4n) is 3.29. The van der Waals surface area contributed by atoms with E-state index in [2.05, 4.69) is 44.1 Å². The number of hydrogen-bond acceptors (Lipinski definition) is 2. The van der Waals surface area contributed by atoms with E-state index < -0.39 is 0 Å². The standard InChI is InChI=1S/C17H27NO/c1-5-6-15(18(2)3)11-14-8-7-13-9-10-16(19-4)12-17(13)14/h9-10,12,14-15H,5-8,11H2,1-4H3/t14?,15-/m1/s1. The zero-order valence-electron chi connectivity index (χ0n) is 12.8. The summed E-state index contributed by atoms with van der Waals surface area (Å²) in [4.78, 5) is 2.39. The van der Waals surface area contributed by atoms with Crippen molar-refractivity contribution in [3.63, 3.8) is 0 Å². The van der Waals surface area contributed by atoms with Gasteiger partial charge in [0, 0.05) is 6.04 Å². The van der Waals surface area contributed by atoms with E-state index in [1.54, 1.807) is 7.11 Å². The van der Waals surface area contributed by atoms with Gasteiger partial charge in [-0.25, -0.2) is 0 Å². The van der Waals surface area contributed by atoms with Crippen molar-refractivity contribution < 1.29 is 4.74 Å². The molecule has 0 spiro atoms. The number of rotatable bonds is 6. The van der Waals surface area contributed by atoms with Crippen LogP contribution < -0.4 is 4.74 Å². The largest absolute Gasteiger partial charge is 0.497 e. The highest BCUT2D eigenvalue weighted by Gasteiger charge is 2.26. The number of nitrogens with zero attached hydrogens (tertiary/aromatic N) is 1. The SMILES string of the molecule is CCC[C@H](CC1CCc2ccc(OC)cc21)N(C)C. The van der Waals surface area contributed by atoms with Gasteiger partial charge in [0.1, 0.15) is 5.75 Å². The van der Waals surface area contributed by atoms with Crippen LogP contribution in [0.5, 0.6) is 5.75 Å². The molecule has 0 amide bonds. The maximum atomic E-state index is 5.38. The first-order chi connectivity index (χ1) is 9.15. The van der Waals surface area contributed by atoms with Gasteiger partial charge in [0.25, 0.3) is 0 Å². The summed E-state index contributed by atoms with van der Waals surface area (Å²) >= 11 is 0. The molecule has 0 saturated carbocycles. The molecule has 1 unspecified atom stereocenters. The lowest BCUT2D eigenvalue weighted by Crippen LogP contribution is -2.29. The van der Waals surface area contributed by atoms with Crippen molar-refractivity contribution in [1.82, 2.24) is 4.90 Å². The van der Waals surface area contributed by atoms with Crippen LogP contribution >= 0.6 is 0 Å². The monoisotopic (exact) mass is 261 g/mol. The summed E-state index contributed by atoms with van der Waals surface area (Å²) in [5, 5.41) is 0. The third-order valence-electron chi connectivity index (χ3n) is 4.46. The molecular weight excluding hydrogens is 234 g/mol. The number of aryl methyl sites for hydroxylation is 1. The Kier molecular flexibility index (Phi) is 4.87. The molecule has 106 valence electrons. The third kappa shape index (κ3) is 3.30. The molecule has 0 fully saturated rings. The van der Waals surface area contributed by atoms with Crippen LogP contribution in [-0.4, -0.2) is 32.1 Å². The summed E-state index contributed by atoms with van der Waals surface area (Å²) in [6, 6.07) is 7.30. The van der Waals surface area contributed by atoms with Gasteiger partial charge >= 0.3 is 0 Å². The van der Waals surface area contributed by atoms with Crippen LogP contribution in [0, 0.1) is 0 Å². The highest BCUT2D eigenvalue weighted by Crippen LogP contribution is 2.39. The second kappa shape index (κ2) is 6.42. The molecule has 0 bridgehead atoms. The Labute approximate surface area is 117 Å². The Morgan fingerprint density at radius 2 is 2.16 bits per heavy atom. The Balaban J connectivity index is 2.12. The average Bonchev–Trinajstić information content (AvgIpc) is 2.80. The molecule has 19 heavy (non-hydrogen) atoms. The molecule has 2 heteroatoms. The number of ether oxygens (including phenoxy) is 1. The van der Waals surface area contributed by atoms with Gasteiger partial charge in [0.05, 0.1) is 7.11 Å². The Hall–Kier alpha value is -1.02. The quantitative estimate of drug-likeness (QED) is 0.771. The number of methoxy groups -OCH3 is 1. The summed E-state index contributed by atoms with van der Waals surface area (Å²) < 4.78 is 5.38. The van der Waals surface area contributed by atoms with E-state index in [9.17, 15) is 0 Å². The fraction of sp³-hybridized carbons (Fsp3) is 0.647. The second-order valence-electron chi connectivity index (χ2n) is 5.94. The first kappa shape index (κ1) is 14.4. The summed E-state index contributed by atoms with van der Waals surface area (Å²) in [5.74, 6) is 1.71. The smallest absolute Gasteiger partial charge is 0.119 e. The molecule has 2 rings (SSSR count). The third-order valence-corrected chi connectivity index (χ3v) is 4.46. The van der Waals surface area contributed by atoms with Gasteiger partial charge in [-0.2, -0.15) is 0 Å². The average molecular weight is 261 g/mol. The van der Waals surface area contributed by atoms with Gasteiger partial charge in [-0.1, -0.05) is 19.4 Å². The van der Waals surface area contributed by atoms with E-state index in [1.807, 2.05) is 0 Å². The van der Waals surface area contributed by atoms with Crippen LogP contribution in [0.4, 0.5) is 0 Å². The van der Waals surface area contributed by atoms with Gasteiger partial charge < -0.3 is 9.64 Å². The summed E-state index contributed by atoms with van der Waals surface area (Å²) in [5.41, 5.74) is 3.06. The maximum Gasteiger partial charge on any atom is 0.119 e. The molecule has 1 aromatic rings. The van der Waals surface area contributed by atoms with Crippen molar-refractivity contribution in [1.29, 1.82) is 0 Å². The molecule has 0 aliphatic heterocycles. The van der Waals surface area contributed by atoms with E-state index in [-0.39, 0.29) is 0 Å². The molecule has 0 heterocycles. The van der Waals surface area contributed by atoms with E-state index >= 15 is 0 Å². The van der Waals surface area contributed by atoms with Crippen LogP contribution in [0.25, 0.3) is 0 Å². The van der Waals surface area contributed by atoms with Crippen molar-refractivity contribution in [2.45, 2.75) is 51.0 Å². The molecule has 1 aliphatic carbocycles. The number of hydrogen-bond donors (Lipinski definition) is 0. The summed E-state index contributed by atoms with van der Waals surface area (Å²) in [7, 11) is 6.18. The topological polar surface area (TPSA) is 12.5 Å². The van der Waals surface area contributed by atoms with Crippen LogP contribution in [0.1, 0.15) is 49.7 Å². The highest BCUT2D eigenvalue weighted by atomic mass is 16.5. The maximum absolute atomic E-state index is 5.38. The molecule has 1 aromatic carbocycles. The molecule has 1 aliphatic rings. The minimum absolute atomic E-state index is 0.701. The predicted octanol–water partition coefficient (Wildman–Crippen LogP) is 3.85. The molecule has 0 N–H and O–H groups in total. The van der Waals surface area contributed by atoms with Crippen molar-refractivity contribution in [3.8, 4) is 5.75 Å². The van der Waals surface area contributed by atoms with Crippen molar-refractivity contribution in [2.24, 2.45) is 0 Å². The minimum Gasteiger partial charge on any atom is -0.497 e. The van der Waals surface area contributed by atoms with Gasteiger partial charge in [-0.15, -0.1) is 0 Å². The van der Waals surface area contributed by atoms with Crippen molar-refractivity contribution in [2.75, 3.05) is 21.2 Å². The zero-order valence-corrected chi connectivity index (χ0v) is 12.8. The number of fused-ring (bicyclic) bond motifs is 1. The summed E-state index contributed by atoms with van der Waals surface area (Å²) in [6.07, 6.45) is 6.37. The van der Waals surface area contributed by atoms with Crippen molar-refractivity contribution in [3.05, 3.63) is 29.3 Å². The van der Waals surface area contributed by atoms with Crippen LogP contribution in [-0.2, 0) is 6.42 Å². The summed E-state index contributed by atoms with van der Waals surface area (Å²) in [6.45, 7) is 2.28. The normalized spacial score (nSPS) is 19.5. The Bertz CT molecular complexity index is 414. The van der Waals surface area contributed by atoms with Crippen LogP contribution in [0.2, 0.25) is 0 Å². The van der Waals surface area contributed by atoms with Gasteiger partial charge in [-0.3, -0.25) is 0 Å². The van der Waals surface area contributed by atoms with Gasteiger partial charge in [0.2, 0.25) is 0 Å². The first-order valence-corrected chi connectivity index (χ1v) is 7.49. The lowest BCUT2D eigenvalue weighted by Gasteiger charge is -2.27. The predicted molar refractivity (Wildman–Crippen MR) is 81.1 cm³/mol. The first-order valence-electron chi connectivity index (χ1n) is 7.49. The Morgan fingerprint density at radius 3 is 2.79 bits per heavy atom. The molecule has 0 aromatic heterocycles. The molecule has 2 nitrogen and oxygen atoms in total. The van der Waals surface area contributed by atoms with Crippen LogP contribution in [0.3, 0.4) is 0 Å². The lowest BCUT2D eigenvalue weighted by molar-refractivity contribution is 0.248. The van der Waals surface area contributed by atoms with E-state index in [0.717, 1.165) is 5.75 Å². The highest BCUT2D eigenvalue weighted by molar-refractivity contribution is 5.41. The molecule has 0 saturated heterocycles. The van der Waals surface area contributed by atoms with Crippen LogP contribution in [0.15, 0.2) is 18.2 Å².